The second-order valence-electron chi connectivity index (χ2n) is 5.28. The molecule has 1 aromatic rings. The molecule has 6 nitrogen and oxygen atoms in total. The summed E-state index contributed by atoms with van der Waals surface area (Å²) in [5, 5.41) is 3.02. The summed E-state index contributed by atoms with van der Waals surface area (Å²) in [5.41, 5.74) is 0.969. The number of sulfonamides is 1. The van der Waals surface area contributed by atoms with Gasteiger partial charge < -0.3 is 14.8 Å². The maximum atomic E-state index is 12.7. The Labute approximate surface area is 125 Å². The van der Waals surface area contributed by atoms with Gasteiger partial charge >= 0.3 is 0 Å². The molecule has 1 aromatic carbocycles. The molecule has 0 bridgehead atoms. The molecule has 2 heterocycles. The largest absolute Gasteiger partial charge is 0.493 e. The Bertz CT molecular complexity index is 615. The number of nitrogens with one attached hydrogen (secondary N) is 1. The van der Waals surface area contributed by atoms with E-state index >= 15 is 0 Å². The van der Waals surface area contributed by atoms with Crippen molar-refractivity contribution in [2.45, 2.75) is 17.4 Å². The highest BCUT2D eigenvalue weighted by Gasteiger charge is 2.31. The lowest BCUT2D eigenvalue weighted by atomic mass is 10.2. The summed E-state index contributed by atoms with van der Waals surface area (Å²) in [7, 11) is -1.63. The number of hydrogen-bond donors (Lipinski definition) is 1. The molecule has 0 amide bonds. The van der Waals surface area contributed by atoms with Gasteiger partial charge in [-0.2, -0.15) is 4.31 Å². The van der Waals surface area contributed by atoms with Crippen LogP contribution < -0.4 is 10.1 Å². The average Bonchev–Trinajstić information content (AvgIpc) is 2.95. The first-order chi connectivity index (χ1) is 10.1. The summed E-state index contributed by atoms with van der Waals surface area (Å²) in [5.74, 6) is 0.795. The van der Waals surface area contributed by atoms with E-state index < -0.39 is 10.0 Å². The Balaban J connectivity index is 1.83. The zero-order valence-corrected chi connectivity index (χ0v) is 12.9. The number of fused-ring (bicyclic) bond motifs is 1. The fourth-order valence-corrected chi connectivity index (χ4v) is 4.24. The van der Waals surface area contributed by atoms with E-state index in [0.717, 1.165) is 17.7 Å². The van der Waals surface area contributed by atoms with Gasteiger partial charge in [0, 0.05) is 26.1 Å². The van der Waals surface area contributed by atoms with Crippen LogP contribution in [0.4, 0.5) is 0 Å². The molecule has 0 radical (unpaired) electrons. The van der Waals surface area contributed by atoms with Gasteiger partial charge in [-0.1, -0.05) is 0 Å². The predicted octanol–water partition coefficient (Wildman–Crippen LogP) is 0.230. The molecular weight excluding hydrogens is 292 g/mol. The Morgan fingerprint density at radius 3 is 3.05 bits per heavy atom. The number of rotatable bonds is 4. The smallest absolute Gasteiger partial charge is 0.243 e. The molecule has 2 aliphatic heterocycles. The van der Waals surface area contributed by atoms with Crippen LogP contribution in [0, 0.1) is 0 Å². The van der Waals surface area contributed by atoms with Crippen molar-refractivity contribution in [2.24, 2.45) is 0 Å². The lowest BCUT2D eigenvalue weighted by Crippen LogP contribution is -2.48. The molecule has 1 N–H and O–H groups in total. The van der Waals surface area contributed by atoms with Crippen molar-refractivity contribution < 1.29 is 17.9 Å². The van der Waals surface area contributed by atoms with Crippen molar-refractivity contribution >= 4 is 10.0 Å². The van der Waals surface area contributed by atoms with Gasteiger partial charge in [-0.3, -0.25) is 0 Å². The molecule has 1 atom stereocenters. The predicted molar refractivity (Wildman–Crippen MR) is 78.1 cm³/mol. The van der Waals surface area contributed by atoms with E-state index in [4.69, 9.17) is 9.47 Å². The average molecular weight is 312 g/mol. The number of ether oxygens (including phenoxy) is 2. The van der Waals surface area contributed by atoms with Crippen LogP contribution in [-0.2, 0) is 21.2 Å². The topological polar surface area (TPSA) is 67.9 Å². The van der Waals surface area contributed by atoms with E-state index in [9.17, 15) is 8.42 Å². The van der Waals surface area contributed by atoms with Gasteiger partial charge in [-0.05, 0) is 30.8 Å². The number of morpholine rings is 1. The highest BCUT2D eigenvalue weighted by Crippen LogP contribution is 2.29. The summed E-state index contributed by atoms with van der Waals surface area (Å²) in [6, 6.07) is 5.11. The zero-order chi connectivity index (χ0) is 14.9. The van der Waals surface area contributed by atoms with Crippen LogP contribution in [0.1, 0.15) is 5.56 Å². The molecule has 1 saturated heterocycles. The Kier molecular flexibility index (Phi) is 4.17. The highest BCUT2D eigenvalue weighted by atomic mass is 32.2. The minimum absolute atomic E-state index is 0.101. The van der Waals surface area contributed by atoms with Gasteiger partial charge in [0.05, 0.1) is 24.2 Å². The van der Waals surface area contributed by atoms with Crippen molar-refractivity contribution in [3.05, 3.63) is 23.8 Å². The van der Waals surface area contributed by atoms with Crippen LogP contribution in [-0.4, -0.2) is 58.7 Å². The first-order valence-corrected chi connectivity index (χ1v) is 8.57. The fourth-order valence-electron chi connectivity index (χ4n) is 2.73. The molecule has 0 saturated carbocycles. The molecule has 7 heteroatoms. The molecule has 1 unspecified atom stereocenters. The first kappa shape index (κ1) is 14.8. The second-order valence-corrected chi connectivity index (χ2v) is 7.22. The third-order valence-corrected chi connectivity index (χ3v) is 5.69. The van der Waals surface area contributed by atoms with Crippen LogP contribution in [0.3, 0.4) is 0 Å². The van der Waals surface area contributed by atoms with Crippen LogP contribution >= 0.6 is 0 Å². The minimum Gasteiger partial charge on any atom is -0.493 e. The van der Waals surface area contributed by atoms with Gasteiger partial charge in [0.25, 0.3) is 0 Å². The normalized spacial score (nSPS) is 22.8. The maximum Gasteiger partial charge on any atom is 0.243 e. The maximum absolute atomic E-state index is 12.7. The van der Waals surface area contributed by atoms with Crippen molar-refractivity contribution in [3.8, 4) is 5.75 Å². The zero-order valence-electron chi connectivity index (χ0n) is 12.0. The third kappa shape index (κ3) is 2.91. The summed E-state index contributed by atoms with van der Waals surface area (Å²) in [4.78, 5) is 0.344. The van der Waals surface area contributed by atoms with Crippen molar-refractivity contribution in [2.75, 3.05) is 39.9 Å². The number of likely N-dealkylation sites (N-methyl/N-ethyl adjacent to an activating group) is 1. The molecule has 0 aliphatic carbocycles. The SMILES string of the molecule is CNCC1CN(S(=O)(=O)c2ccc3c(c2)CCO3)CCO1. The molecule has 1 fully saturated rings. The van der Waals surface area contributed by atoms with E-state index in [0.29, 0.717) is 37.7 Å². The quantitative estimate of drug-likeness (QED) is 0.862. The van der Waals surface area contributed by atoms with Gasteiger partial charge in [0.15, 0.2) is 0 Å². The Morgan fingerprint density at radius 1 is 1.38 bits per heavy atom. The number of hydrogen-bond acceptors (Lipinski definition) is 5. The Morgan fingerprint density at radius 2 is 2.24 bits per heavy atom. The van der Waals surface area contributed by atoms with Crippen LogP contribution in [0.2, 0.25) is 0 Å². The van der Waals surface area contributed by atoms with E-state index in [1.54, 1.807) is 18.2 Å². The van der Waals surface area contributed by atoms with Gasteiger partial charge in [-0.15, -0.1) is 0 Å². The van der Waals surface area contributed by atoms with Crippen LogP contribution in [0.25, 0.3) is 0 Å². The molecule has 2 aliphatic rings. The summed E-state index contributed by atoms with van der Waals surface area (Å²) in [6.07, 6.45) is 0.667. The van der Waals surface area contributed by atoms with Crippen LogP contribution in [0.5, 0.6) is 5.75 Å². The fraction of sp³-hybridized carbons (Fsp3) is 0.571. The Hall–Kier alpha value is -1.15. The molecule has 0 spiro atoms. The lowest BCUT2D eigenvalue weighted by molar-refractivity contribution is 0.000823. The highest BCUT2D eigenvalue weighted by molar-refractivity contribution is 7.89. The van der Waals surface area contributed by atoms with Crippen molar-refractivity contribution in [3.63, 3.8) is 0 Å². The molecular formula is C14H20N2O4S. The third-order valence-electron chi connectivity index (χ3n) is 3.83. The minimum atomic E-state index is -3.46. The second kappa shape index (κ2) is 5.92. The standard InChI is InChI=1S/C14H20N2O4S/c1-15-9-12-10-16(5-7-19-12)21(17,18)13-2-3-14-11(8-13)4-6-20-14/h2-3,8,12,15H,4-7,9-10H2,1H3. The summed E-state index contributed by atoms with van der Waals surface area (Å²) < 4.78 is 38.0. The van der Waals surface area contributed by atoms with E-state index in [2.05, 4.69) is 5.32 Å². The number of benzene rings is 1. The van der Waals surface area contributed by atoms with E-state index in [-0.39, 0.29) is 6.10 Å². The molecule has 0 aromatic heterocycles. The van der Waals surface area contributed by atoms with Crippen LogP contribution in [0.15, 0.2) is 23.1 Å². The molecule has 3 rings (SSSR count). The first-order valence-electron chi connectivity index (χ1n) is 7.13. The van der Waals surface area contributed by atoms with Gasteiger partial charge in [0.1, 0.15) is 5.75 Å². The molecule has 116 valence electrons. The van der Waals surface area contributed by atoms with Crippen molar-refractivity contribution in [1.29, 1.82) is 0 Å². The number of nitrogens with zero attached hydrogens (tertiary/aromatic N) is 1. The summed E-state index contributed by atoms with van der Waals surface area (Å²) >= 11 is 0. The van der Waals surface area contributed by atoms with Gasteiger partial charge in [0.2, 0.25) is 10.0 Å². The monoisotopic (exact) mass is 312 g/mol. The van der Waals surface area contributed by atoms with E-state index in [1.165, 1.54) is 4.31 Å². The summed E-state index contributed by atoms with van der Waals surface area (Å²) in [6.45, 7) is 2.48. The molecule has 21 heavy (non-hydrogen) atoms. The van der Waals surface area contributed by atoms with Crippen molar-refractivity contribution in [1.82, 2.24) is 9.62 Å². The lowest BCUT2D eigenvalue weighted by Gasteiger charge is -2.32. The van der Waals surface area contributed by atoms with Gasteiger partial charge in [-0.25, -0.2) is 8.42 Å². The van der Waals surface area contributed by atoms with E-state index in [1.807, 2.05) is 7.05 Å².